The van der Waals surface area contributed by atoms with Crippen LogP contribution in [0.1, 0.15) is 39.5 Å². The van der Waals surface area contributed by atoms with Gasteiger partial charge < -0.3 is 9.47 Å². The van der Waals surface area contributed by atoms with E-state index in [2.05, 4.69) is 0 Å². The maximum absolute atomic E-state index is 13.3. The van der Waals surface area contributed by atoms with Gasteiger partial charge in [-0.25, -0.2) is 9.80 Å². The topological polar surface area (TPSA) is 99.7 Å². The van der Waals surface area contributed by atoms with Gasteiger partial charge in [-0.2, -0.15) is 0 Å². The van der Waals surface area contributed by atoms with Crippen molar-refractivity contribution in [1.29, 1.82) is 0 Å². The van der Waals surface area contributed by atoms with E-state index in [1.165, 1.54) is 9.80 Å². The van der Waals surface area contributed by atoms with E-state index in [4.69, 9.17) is 9.47 Å². The first-order chi connectivity index (χ1) is 19.4. The third kappa shape index (κ3) is 5.59. The molecule has 10 nitrogen and oxygen atoms in total. The lowest BCUT2D eigenvalue weighted by atomic mass is 10.1. The third-order valence-corrected chi connectivity index (χ3v) is 7.61. The highest BCUT2D eigenvalue weighted by Crippen LogP contribution is 2.30. The average Bonchev–Trinajstić information content (AvgIpc) is 3.44. The summed E-state index contributed by atoms with van der Waals surface area (Å²) in [5.74, 6) is 0.495. The first kappa shape index (κ1) is 27.8. The van der Waals surface area contributed by atoms with E-state index in [1.807, 2.05) is 23.6 Å². The molecule has 5 rings (SSSR count). The monoisotopic (exact) mass is 548 g/mol. The molecule has 2 aromatic rings. The van der Waals surface area contributed by atoms with E-state index in [-0.39, 0.29) is 36.5 Å². The highest BCUT2D eigenvalue weighted by atomic mass is 16.5. The summed E-state index contributed by atoms with van der Waals surface area (Å²) in [6, 6.07) is 13.0. The second-order valence-electron chi connectivity index (χ2n) is 10.3. The molecule has 40 heavy (non-hydrogen) atoms. The van der Waals surface area contributed by atoms with Crippen LogP contribution in [0.3, 0.4) is 0 Å². The molecular weight excluding hydrogens is 512 g/mol. The van der Waals surface area contributed by atoms with Crippen LogP contribution in [0.4, 0.5) is 11.4 Å². The van der Waals surface area contributed by atoms with E-state index in [1.54, 1.807) is 48.5 Å². The summed E-state index contributed by atoms with van der Waals surface area (Å²) in [7, 11) is 0. The molecular formula is C30H36N4O6. The van der Waals surface area contributed by atoms with Gasteiger partial charge in [0.2, 0.25) is 11.8 Å². The van der Waals surface area contributed by atoms with E-state index >= 15 is 0 Å². The molecule has 0 aliphatic carbocycles. The number of ether oxygens (including phenoxy) is 2. The lowest BCUT2D eigenvalue weighted by molar-refractivity contribution is -0.126. The summed E-state index contributed by atoms with van der Waals surface area (Å²) in [6.07, 6.45) is 2.04. The third-order valence-electron chi connectivity index (χ3n) is 7.61. The Balaban J connectivity index is 1.18. The minimum Gasteiger partial charge on any atom is -0.494 e. The molecule has 2 aromatic carbocycles. The van der Waals surface area contributed by atoms with Crippen LogP contribution < -0.4 is 19.3 Å². The van der Waals surface area contributed by atoms with Crippen molar-refractivity contribution in [1.82, 2.24) is 9.80 Å². The fraction of sp³-hybridized carbons (Fsp3) is 0.467. The van der Waals surface area contributed by atoms with Crippen LogP contribution in [0.25, 0.3) is 0 Å². The molecule has 0 radical (unpaired) electrons. The number of hydrogen-bond acceptors (Lipinski definition) is 8. The molecule has 4 amide bonds. The standard InChI is InChI=1S/C30H36N4O6/c1-3-17-39-23-9-5-21(6-10-23)33-27(35)19-25(29(33)37)31-13-15-32(16-14-31)26-20-28(36)34(30(26)38)22-7-11-24(12-8-22)40-18-4-2/h5-12,25-26H,3-4,13-20H2,1-2H3/t25-,26+. The normalized spacial score (nSPS) is 22.4. The van der Waals surface area contributed by atoms with Gasteiger partial charge >= 0.3 is 0 Å². The van der Waals surface area contributed by atoms with Gasteiger partial charge in [0.1, 0.15) is 11.5 Å². The predicted molar refractivity (Wildman–Crippen MR) is 149 cm³/mol. The molecule has 3 heterocycles. The lowest BCUT2D eigenvalue weighted by Crippen LogP contribution is -2.56. The van der Waals surface area contributed by atoms with Crippen molar-refractivity contribution in [2.45, 2.75) is 51.6 Å². The molecule has 0 N–H and O–H groups in total. The van der Waals surface area contributed by atoms with Crippen molar-refractivity contribution in [3.05, 3.63) is 48.5 Å². The van der Waals surface area contributed by atoms with E-state index in [0.717, 1.165) is 12.8 Å². The molecule has 0 spiro atoms. The van der Waals surface area contributed by atoms with Crippen LogP contribution in [0, 0.1) is 0 Å². The quantitative estimate of drug-likeness (QED) is 0.418. The maximum Gasteiger partial charge on any atom is 0.251 e. The molecule has 3 fully saturated rings. The van der Waals surface area contributed by atoms with Gasteiger partial charge in [0.05, 0.1) is 49.5 Å². The molecule has 2 atom stereocenters. The minimum atomic E-state index is -0.531. The fourth-order valence-electron chi connectivity index (χ4n) is 5.53. The Morgan fingerprint density at radius 2 is 0.950 bits per heavy atom. The highest BCUT2D eigenvalue weighted by Gasteiger charge is 2.46. The molecule has 3 aliphatic heterocycles. The Bertz CT molecular complexity index is 1140. The molecule has 0 bridgehead atoms. The van der Waals surface area contributed by atoms with E-state index in [9.17, 15) is 19.2 Å². The number of imide groups is 2. The van der Waals surface area contributed by atoms with Crippen molar-refractivity contribution in [3.8, 4) is 11.5 Å². The van der Waals surface area contributed by atoms with Gasteiger partial charge in [0.25, 0.3) is 11.8 Å². The number of rotatable bonds is 10. The second-order valence-corrected chi connectivity index (χ2v) is 10.3. The van der Waals surface area contributed by atoms with Crippen molar-refractivity contribution in [2.75, 3.05) is 49.2 Å². The summed E-state index contributed by atoms with van der Waals surface area (Å²) in [5.41, 5.74) is 1.08. The number of carbonyl (C=O) groups excluding carboxylic acids is 4. The summed E-state index contributed by atoms with van der Waals surface area (Å²) < 4.78 is 11.2. The van der Waals surface area contributed by atoms with E-state index < -0.39 is 12.1 Å². The van der Waals surface area contributed by atoms with Crippen LogP contribution in [-0.4, -0.2) is 84.9 Å². The fourth-order valence-corrected chi connectivity index (χ4v) is 5.53. The molecule has 212 valence electrons. The van der Waals surface area contributed by atoms with Gasteiger partial charge in [0, 0.05) is 26.2 Å². The Hall–Kier alpha value is -3.76. The summed E-state index contributed by atoms with van der Waals surface area (Å²) in [6.45, 7) is 7.39. The van der Waals surface area contributed by atoms with Gasteiger partial charge in [-0.1, -0.05) is 13.8 Å². The van der Waals surface area contributed by atoms with Crippen molar-refractivity contribution in [2.24, 2.45) is 0 Å². The number of amides is 4. The van der Waals surface area contributed by atoms with Gasteiger partial charge in [-0.05, 0) is 61.4 Å². The number of anilines is 2. The highest BCUT2D eigenvalue weighted by molar-refractivity contribution is 6.23. The smallest absolute Gasteiger partial charge is 0.251 e. The molecule has 3 saturated heterocycles. The van der Waals surface area contributed by atoms with Crippen molar-refractivity contribution >= 4 is 35.0 Å². The van der Waals surface area contributed by atoms with Crippen LogP contribution in [-0.2, 0) is 19.2 Å². The zero-order valence-corrected chi connectivity index (χ0v) is 23.1. The summed E-state index contributed by atoms with van der Waals surface area (Å²) >= 11 is 0. The maximum atomic E-state index is 13.3. The number of hydrogen-bond donors (Lipinski definition) is 0. The van der Waals surface area contributed by atoms with Gasteiger partial charge in [-0.15, -0.1) is 0 Å². The largest absolute Gasteiger partial charge is 0.494 e. The molecule has 10 heteroatoms. The van der Waals surface area contributed by atoms with Crippen LogP contribution >= 0.6 is 0 Å². The first-order valence-corrected chi connectivity index (χ1v) is 14.1. The zero-order chi connectivity index (χ0) is 28.2. The predicted octanol–water partition coefficient (Wildman–Crippen LogP) is 2.85. The average molecular weight is 549 g/mol. The number of nitrogens with zero attached hydrogens (tertiary/aromatic N) is 4. The van der Waals surface area contributed by atoms with Crippen molar-refractivity contribution < 1.29 is 28.7 Å². The number of benzene rings is 2. The lowest BCUT2D eigenvalue weighted by Gasteiger charge is -2.38. The summed E-state index contributed by atoms with van der Waals surface area (Å²) in [4.78, 5) is 58.8. The minimum absolute atomic E-state index is 0.125. The summed E-state index contributed by atoms with van der Waals surface area (Å²) in [5, 5.41) is 0. The zero-order valence-electron chi connectivity index (χ0n) is 23.1. The van der Waals surface area contributed by atoms with Crippen molar-refractivity contribution in [3.63, 3.8) is 0 Å². The molecule has 3 aliphatic rings. The molecule has 0 aromatic heterocycles. The van der Waals surface area contributed by atoms with Crippen LogP contribution in [0.2, 0.25) is 0 Å². The number of piperazine rings is 1. The van der Waals surface area contributed by atoms with Gasteiger partial charge in [0.15, 0.2) is 0 Å². The molecule has 0 unspecified atom stereocenters. The number of carbonyl (C=O) groups is 4. The van der Waals surface area contributed by atoms with Crippen LogP contribution in [0.15, 0.2) is 48.5 Å². The van der Waals surface area contributed by atoms with Crippen LogP contribution in [0.5, 0.6) is 11.5 Å². The molecule has 0 saturated carbocycles. The van der Waals surface area contributed by atoms with Gasteiger partial charge in [-0.3, -0.25) is 29.0 Å². The first-order valence-electron chi connectivity index (χ1n) is 14.1. The Morgan fingerprint density at radius 1 is 0.600 bits per heavy atom. The van der Waals surface area contributed by atoms with E-state index in [0.29, 0.717) is 62.3 Å². The SMILES string of the molecule is CCCOc1ccc(N2C(=O)C[C@@H](N3CCN([C@H]4CC(=O)N(c5ccc(OCCC)cc5)C4=O)CC3)C2=O)cc1. The second kappa shape index (κ2) is 12.2. The Kier molecular flexibility index (Phi) is 8.46. The Labute approximate surface area is 234 Å². The Morgan fingerprint density at radius 3 is 1.27 bits per heavy atom.